The predicted octanol–water partition coefficient (Wildman–Crippen LogP) is 1.56. The van der Waals surface area contributed by atoms with Gasteiger partial charge in [-0.3, -0.25) is 14.3 Å². The van der Waals surface area contributed by atoms with E-state index in [1.54, 1.807) is 11.6 Å². The van der Waals surface area contributed by atoms with Crippen molar-refractivity contribution in [3.8, 4) is 0 Å². The van der Waals surface area contributed by atoms with Crippen LogP contribution in [0, 0.1) is 6.92 Å². The van der Waals surface area contributed by atoms with E-state index in [9.17, 15) is 9.59 Å². The first-order chi connectivity index (χ1) is 12.5. The number of hydrogen-bond donors (Lipinski definition) is 1. The Morgan fingerprint density at radius 3 is 2.65 bits per heavy atom. The van der Waals surface area contributed by atoms with E-state index in [2.05, 4.69) is 52.1 Å². The van der Waals surface area contributed by atoms with Gasteiger partial charge in [0.25, 0.3) is 5.56 Å². The van der Waals surface area contributed by atoms with Crippen molar-refractivity contribution in [2.75, 3.05) is 18.0 Å². The van der Waals surface area contributed by atoms with E-state index in [0.29, 0.717) is 23.7 Å². The van der Waals surface area contributed by atoms with Crippen LogP contribution in [0.1, 0.15) is 17.5 Å². The lowest BCUT2D eigenvalue weighted by molar-refractivity contribution is 0.766. The van der Waals surface area contributed by atoms with Gasteiger partial charge in [0, 0.05) is 27.2 Å². The number of aromatic amines is 1. The minimum absolute atomic E-state index is 0.405. The number of hydrogen-bond acceptors (Lipinski definition) is 4. The Balaban J connectivity index is 1.71. The number of benzene rings is 1. The van der Waals surface area contributed by atoms with Gasteiger partial charge in [-0.2, -0.15) is 4.98 Å². The average Bonchev–Trinajstić information content (AvgIpc) is 2.98. The highest BCUT2D eigenvalue weighted by Crippen LogP contribution is 2.26. The Morgan fingerprint density at radius 1 is 1.15 bits per heavy atom. The number of nitrogens with one attached hydrogen (secondary N) is 1. The quantitative estimate of drug-likeness (QED) is 0.760. The highest BCUT2D eigenvalue weighted by molar-refractivity contribution is 5.75. The molecule has 1 aliphatic heterocycles. The van der Waals surface area contributed by atoms with E-state index in [1.807, 2.05) is 7.05 Å². The van der Waals surface area contributed by atoms with Crippen molar-refractivity contribution < 1.29 is 0 Å². The molecule has 0 spiro atoms. The molecule has 1 aliphatic rings. The molecule has 26 heavy (non-hydrogen) atoms. The highest BCUT2D eigenvalue weighted by Gasteiger charge is 2.21. The van der Waals surface area contributed by atoms with Crippen molar-refractivity contribution in [3.05, 3.63) is 62.3 Å². The largest absolute Gasteiger partial charge is 0.338 e. The molecule has 134 valence electrons. The highest BCUT2D eigenvalue weighted by atomic mass is 16.2. The first kappa shape index (κ1) is 16.4. The molecule has 1 aromatic carbocycles. The van der Waals surface area contributed by atoms with Crippen molar-refractivity contribution in [1.82, 2.24) is 19.1 Å². The first-order valence-electron chi connectivity index (χ1n) is 8.62. The van der Waals surface area contributed by atoms with E-state index in [4.69, 9.17) is 0 Å². The third kappa shape index (κ3) is 2.56. The fourth-order valence-electron chi connectivity index (χ4n) is 3.54. The SMILES string of the molecule is Cc1cccc(C2=CCN(c3nc4c(c(=O)[nH]c(=O)n4C)n3C)CC2)c1. The summed E-state index contributed by atoms with van der Waals surface area (Å²) in [5, 5.41) is 0. The van der Waals surface area contributed by atoms with Crippen LogP contribution >= 0.6 is 0 Å². The third-order valence-corrected chi connectivity index (χ3v) is 4.99. The Hall–Kier alpha value is -3.09. The van der Waals surface area contributed by atoms with Crippen LogP contribution in [0.3, 0.4) is 0 Å². The van der Waals surface area contributed by atoms with Crippen molar-refractivity contribution in [2.45, 2.75) is 13.3 Å². The van der Waals surface area contributed by atoms with E-state index < -0.39 is 11.2 Å². The maximum atomic E-state index is 12.2. The van der Waals surface area contributed by atoms with Crippen LogP contribution in [-0.2, 0) is 14.1 Å². The molecule has 4 rings (SSSR count). The van der Waals surface area contributed by atoms with Gasteiger partial charge in [-0.15, -0.1) is 0 Å². The Bertz CT molecular complexity index is 1150. The number of nitrogens with zero attached hydrogens (tertiary/aromatic N) is 4. The summed E-state index contributed by atoms with van der Waals surface area (Å²) in [7, 11) is 3.42. The lowest BCUT2D eigenvalue weighted by atomic mass is 9.98. The molecule has 0 atom stereocenters. The van der Waals surface area contributed by atoms with Gasteiger partial charge in [0.05, 0.1) is 0 Å². The number of aryl methyl sites for hydroxylation is 3. The molecule has 2 aromatic heterocycles. The van der Waals surface area contributed by atoms with Gasteiger partial charge in [0.2, 0.25) is 5.95 Å². The van der Waals surface area contributed by atoms with E-state index in [0.717, 1.165) is 13.0 Å². The second-order valence-corrected chi connectivity index (χ2v) is 6.76. The lowest BCUT2D eigenvalue weighted by Gasteiger charge is -2.27. The van der Waals surface area contributed by atoms with Crippen LogP contribution in [0.2, 0.25) is 0 Å². The monoisotopic (exact) mass is 351 g/mol. The molecule has 0 saturated heterocycles. The minimum atomic E-state index is -0.451. The van der Waals surface area contributed by atoms with Gasteiger partial charge < -0.3 is 9.47 Å². The second-order valence-electron chi connectivity index (χ2n) is 6.76. The van der Waals surface area contributed by atoms with Crippen LogP contribution in [-0.4, -0.2) is 32.2 Å². The summed E-state index contributed by atoms with van der Waals surface area (Å²) in [6, 6.07) is 8.52. The summed E-state index contributed by atoms with van der Waals surface area (Å²) in [6.07, 6.45) is 3.11. The van der Waals surface area contributed by atoms with Crippen molar-refractivity contribution in [1.29, 1.82) is 0 Å². The van der Waals surface area contributed by atoms with E-state index in [-0.39, 0.29) is 0 Å². The van der Waals surface area contributed by atoms with Gasteiger partial charge in [-0.1, -0.05) is 35.9 Å². The number of fused-ring (bicyclic) bond motifs is 1. The first-order valence-corrected chi connectivity index (χ1v) is 8.62. The topological polar surface area (TPSA) is 75.9 Å². The van der Waals surface area contributed by atoms with Crippen molar-refractivity contribution >= 4 is 22.7 Å². The fourth-order valence-corrected chi connectivity index (χ4v) is 3.54. The normalized spacial score (nSPS) is 14.7. The molecule has 0 amide bonds. The molecule has 0 bridgehead atoms. The molecular formula is C19H21N5O2. The van der Waals surface area contributed by atoms with E-state index >= 15 is 0 Å². The standard InChI is InChI=1S/C19H21N5O2/c1-12-5-4-6-14(11-12)13-7-9-24(10-8-13)18-20-16-15(22(18)2)17(25)21-19(26)23(16)3/h4-7,11H,8-10H2,1-3H3,(H,21,25,26). The third-order valence-electron chi connectivity index (χ3n) is 4.99. The molecule has 0 unspecified atom stereocenters. The summed E-state index contributed by atoms with van der Waals surface area (Å²) in [4.78, 5) is 33.0. The maximum Gasteiger partial charge on any atom is 0.329 e. The summed E-state index contributed by atoms with van der Waals surface area (Å²) >= 11 is 0. The minimum Gasteiger partial charge on any atom is -0.338 e. The number of imidazole rings is 1. The van der Waals surface area contributed by atoms with Crippen LogP contribution in [0.4, 0.5) is 5.95 Å². The molecule has 7 nitrogen and oxygen atoms in total. The van der Waals surface area contributed by atoms with Gasteiger partial charge in [-0.05, 0) is 24.5 Å². The predicted molar refractivity (Wildman–Crippen MR) is 103 cm³/mol. The second kappa shape index (κ2) is 6.01. The Morgan fingerprint density at radius 2 is 1.96 bits per heavy atom. The number of anilines is 1. The molecule has 0 saturated carbocycles. The van der Waals surface area contributed by atoms with E-state index in [1.165, 1.54) is 21.3 Å². The summed E-state index contributed by atoms with van der Waals surface area (Å²) < 4.78 is 3.14. The fraction of sp³-hybridized carbons (Fsp3) is 0.316. The summed E-state index contributed by atoms with van der Waals surface area (Å²) in [6.45, 7) is 3.62. The Labute approximate surface area is 150 Å². The average molecular weight is 351 g/mol. The summed E-state index contributed by atoms with van der Waals surface area (Å²) in [5.41, 5.74) is 3.80. The van der Waals surface area contributed by atoms with Crippen LogP contribution < -0.4 is 16.1 Å². The molecule has 1 N–H and O–H groups in total. The van der Waals surface area contributed by atoms with Crippen molar-refractivity contribution in [3.63, 3.8) is 0 Å². The zero-order chi connectivity index (χ0) is 18.4. The van der Waals surface area contributed by atoms with Gasteiger partial charge >= 0.3 is 5.69 Å². The zero-order valence-electron chi connectivity index (χ0n) is 15.1. The smallest absolute Gasteiger partial charge is 0.329 e. The van der Waals surface area contributed by atoms with Gasteiger partial charge in [-0.25, -0.2) is 4.79 Å². The molecule has 3 aromatic rings. The maximum absolute atomic E-state index is 12.2. The number of aromatic nitrogens is 4. The van der Waals surface area contributed by atoms with Crippen molar-refractivity contribution in [2.24, 2.45) is 14.1 Å². The van der Waals surface area contributed by atoms with Gasteiger partial charge in [0.15, 0.2) is 11.2 Å². The number of H-pyrrole nitrogens is 1. The summed E-state index contributed by atoms with van der Waals surface area (Å²) in [5.74, 6) is 0.700. The van der Waals surface area contributed by atoms with Crippen LogP contribution in [0.15, 0.2) is 39.9 Å². The Kier molecular flexibility index (Phi) is 3.79. The molecule has 0 aliphatic carbocycles. The molecular weight excluding hydrogens is 330 g/mol. The molecule has 7 heteroatoms. The zero-order valence-corrected chi connectivity index (χ0v) is 15.1. The molecule has 3 heterocycles. The van der Waals surface area contributed by atoms with Crippen LogP contribution in [0.5, 0.6) is 0 Å². The van der Waals surface area contributed by atoms with Crippen LogP contribution in [0.25, 0.3) is 16.7 Å². The molecule has 0 fully saturated rings. The lowest BCUT2D eigenvalue weighted by Crippen LogP contribution is -2.31. The molecule has 0 radical (unpaired) electrons. The van der Waals surface area contributed by atoms with Gasteiger partial charge in [0.1, 0.15) is 0 Å². The number of rotatable bonds is 2.